The van der Waals surface area contributed by atoms with Crippen molar-refractivity contribution < 1.29 is 4.74 Å². The van der Waals surface area contributed by atoms with E-state index < -0.39 is 0 Å². The molecule has 18 heavy (non-hydrogen) atoms. The van der Waals surface area contributed by atoms with Crippen LogP contribution in [0.4, 0.5) is 5.69 Å². The number of aromatic nitrogens is 2. The first-order valence-electron chi connectivity index (χ1n) is 5.79. The van der Waals surface area contributed by atoms with Crippen LogP contribution in [0.5, 0.6) is 5.75 Å². The average Bonchev–Trinajstić information content (AvgIpc) is 2.76. The van der Waals surface area contributed by atoms with E-state index in [0.29, 0.717) is 0 Å². The molecule has 0 radical (unpaired) electrons. The smallest absolute Gasteiger partial charge is 0.147 e. The zero-order valence-corrected chi connectivity index (χ0v) is 11.1. The van der Waals surface area contributed by atoms with Crippen molar-refractivity contribution in [2.24, 2.45) is 12.0 Å². The van der Waals surface area contributed by atoms with Gasteiger partial charge >= 0.3 is 0 Å². The Morgan fingerprint density at radius 1 is 1.39 bits per heavy atom. The first-order chi connectivity index (χ1) is 8.61. The fraction of sp³-hybridized carbons (Fsp3) is 0.286. The molecule has 0 fully saturated rings. The Balaban J connectivity index is 2.41. The number of ether oxygens (including phenoxy) is 1. The molecule has 0 aliphatic heterocycles. The average molecular weight is 243 g/mol. The van der Waals surface area contributed by atoms with E-state index in [1.54, 1.807) is 13.4 Å². The van der Waals surface area contributed by atoms with Crippen LogP contribution in [-0.2, 0) is 7.05 Å². The van der Waals surface area contributed by atoms with E-state index in [4.69, 9.17) is 4.74 Å². The number of imidazole rings is 1. The van der Waals surface area contributed by atoms with Crippen molar-refractivity contribution >= 4 is 11.4 Å². The summed E-state index contributed by atoms with van der Waals surface area (Å²) in [6, 6.07) is 5.93. The maximum absolute atomic E-state index is 5.39. The van der Waals surface area contributed by atoms with Gasteiger partial charge in [0.1, 0.15) is 17.1 Å². The van der Waals surface area contributed by atoms with Gasteiger partial charge in [-0.2, -0.15) is 0 Å². The molecule has 0 saturated carbocycles. The molecule has 4 nitrogen and oxygen atoms in total. The lowest BCUT2D eigenvalue weighted by atomic mass is 10.2. The Hall–Kier alpha value is -2.10. The minimum atomic E-state index is 0.813. The molecule has 1 heterocycles. The van der Waals surface area contributed by atoms with Crippen LogP contribution in [0.15, 0.2) is 35.7 Å². The Bertz CT molecular complexity index is 584. The van der Waals surface area contributed by atoms with Crippen LogP contribution in [-0.4, -0.2) is 22.4 Å². The molecular weight excluding hydrogens is 226 g/mol. The van der Waals surface area contributed by atoms with E-state index in [0.717, 1.165) is 28.4 Å². The zero-order valence-electron chi connectivity index (χ0n) is 11.1. The van der Waals surface area contributed by atoms with Crippen molar-refractivity contribution in [1.29, 1.82) is 0 Å². The number of hydrogen-bond acceptors (Lipinski definition) is 3. The molecule has 1 aromatic carbocycles. The highest BCUT2D eigenvalue weighted by molar-refractivity contribution is 5.98. The number of benzene rings is 1. The van der Waals surface area contributed by atoms with E-state index in [9.17, 15) is 0 Å². The third-order valence-electron chi connectivity index (χ3n) is 2.76. The van der Waals surface area contributed by atoms with Gasteiger partial charge in [-0.1, -0.05) is 12.1 Å². The second-order valence-corrected chi connectivity index (χ2v) is 4.25. The van der Waals surface area contributed by atoms with Crippen molar-refractivity contribution in [3.8, 4) is 5.75 Å². The highest BCUT2D eigenvalue weighted by atomic mass is 16.5. The van der Waals surface area contributed by atoms with E-state index in [2.05, 4.69) is 9.98 Å². The number of rotatable bonds is 3. The molecule has 0 amide bonds. The predicted octanol–water partition coefficient (Wildman–Crippen LogP) is 2.88. The maximum atomic E-state index is 5.39. The second-order valence-electron chi connectivity index (χ2n) is 4.25. The van der Waals surface area contributed by atoms with Crippen LogP contribution >= 0.6 is 0 Å². The predicted molar refractivity (Wildman–Crippen MR) is 72.8 cm³/mol. The lowest BCUT2D eigenvalue weighted by molar-refractivity contribution is 0.413. The van der Waals surface area contributed by atoms with E-state index in [-0.39, 0.29) is 0 Å². The minimum Gasteiger partial charge on any atom is -0.494 e. The number of nitrogens with zero attached hydrogens (tertiary/aromatic N) is 3. The molecule has 0 atom stereocenters. The number of methoxy groups -OCH3 is 1. The Labute approximate surface area is 107 Å². The van der Waals surface area contributed by atoms with Gasteiger partial charge in [-0.05, 0) is 25.5 Å². The Morgan fingerprint density at radius 2 is 2.17 bits per heavy atom. The maximum Gasteiger partial charge on any atom is 0.147 e. The van der Waals surface area contributed by atoms with Crippen LogP contribution in [0.2, 0.25) is 0 Å². The topological polar surface area (TPSA) is 39.4 Å². The molecule has 0 unspecified atom stereocenters. The molecule has 4 heteroatoms. The molecule has 1 aromatic heterocycles. The van der Waals surface area contributed by atoms with Gasteiger partial charge in [0, 0.05) is 13.2 Å². The van der Waals surface area contributed by atoms with Gasteiger partial charge in [-0.15, -0.1) is 0 Å². The third-order valence-corrected chi connectivity index (χ3v) is 2.76. The molecule has 0 spiro atoms. The Morgan fingerprint density at radius 3 is 2.78 bits per heavy atom. The SMILES string of the molecule is COc1c(C)cccc1N=C(C)c1cn(C)cn1. The first kappa shape index (κ1) is 12.4. The summed E-state index contributed by atoms with van der Waals surface area (Å²) >= 11 is 0. The number of para-hydroxylation sites is 1. The summed E-state index contributed by atoms with van der Waals surface area (Å²) in [6.45, 7) is 3.96. The van der Waals surface area contributed by atoms with Crippen LogP contribution < -0.4 is 4.74 Å². The summed E-state index contributed by atoms with van der Waals surface area (Å²) in [6.07, 6.45) is 3.71. The quantitative estimate of drug-likeness (QED) is 0.777. The van der Waals surface area contributed by atoms with Crippen molar-refractivity contribution in [3.05, 3.63) is 42.0 Å². The van der Waals surface area contributed by atoms with Gasteiger partial charge in [0.2, 0.25) is 0 Å². The number of aryl methyl sites for hydroxylation is 2. The van der Waals surface area contributed by atoms with Crippen LogP contribution in [0.1, 0.15) is 18.2 Å². The summed E-state index contributed by atoms with van der Waals surface area (Å²) in [5.74, 6) is 0.813. The highest BCUT2D eigenvalue weighted by Gasteiger charge is 2.06. The fourth-order valence-corrected chi connectivity index (χ4v) is 1.83. The minimum absolute atomic E-state index is 0.813. The Kier molecular flexibility index (Phi) is 3.46. The summed E-state index contributed by atoms with van der Waals surface area (Å²) < 4.78 is 7.29. The van der Waals surface area contributed by atoms with Crippen LogP contribution in [0.3, 0.4) is 0 Å². The van der Waals surface area contributed by atoms with Crippen LogP contribution in [0, 0.1) is 6.92 Å². The summed E-state index contributed by atoms with van der Waals surface area (Å²) in [5.41, 5.74) is 3.66. The van der Waals surface area contributed by atoms with Gasteiger partial charge in [0.25, 0.3) is 0 Å². The highest BCUT2D eigenvalue weighted by Crippen LogP contribution is 2.31. The van der Waals surface area contributed by atoms with Crippen LogP contribution in [0.25, 0.3) is 0 Å². The van der Waals surface area contributed by atoms with Gasteiger partial charge in [-0.25, -0.2) is 9.98 Å². The molecule has 94 valence electrons. The number of hydrogen-bond donors (Lipinski definition) is 0. The van der Waals surface area contributed by atoms with Gasteiger partial charge in [0.05, 0.1) is 19.1 Å². The first-order valence-corrected chi connectivity index (χ1v) is 5.79. The van der Waals surface area contributed by atoms with E-state index >= 15 is 0 Å². The lowest BCUT2D eigenvalue weighted by Crippen LogP contribution is -1.95. The molecule has 0 aliphatic carbocycles. The molecule has 0 saturated heterocycles. The monoisotopic (exact) mass is 243 g/mol. The molecule has 2 aromatic rings. The van der Waals surface area contributed by atoms with Gasteiger partial charge < -0.3 is 9.30 Å². The molecule has 0 N–H and O–H groups in total. The van der Waals surface area contributed by atoms with Crippen molar-refractivity contribution in [3.63, 3.8) is 0 Å². The molecule has 0 aliphatic rings. The van der Waals surface area contributed by atoms with E-state index in [1.165, 1.54) is 0 Å². The van der Waals surface area contributed by atoms with Crippen molar-refractivity contribution in [1.82, 2.24) is 9.55 Å². The zero-order chi connectivity index (χ0) is 13.1. The fourth-order valence-electron chi connectivity index (χ4n) is 1.83. The number of aliphatic imine (C=N–C) groups is 1. The van der Waals surface area contributed by atoms with Gasteiger partial charge in [-0.3, -0.25) is 0 Å². The lowest BCUT2D eigenvalue weighted by Gasteiger charge is -2.08. The summed E-state index contributed by atoms with van der Waals surface area (Å²) in [5, 5.41) is 0. The largest absolute Gasteiger partial charge is 0.494 e. The molecule has 0 bridgehead atoms. The van der Waals surface area contributed by atoms with E-state index in [1.807, 2.05) is 49.9 Å². The summed E-state index contributed by atoms with van der Waals surface area (Å²) in [7, 11) is 3.61. The third kappa shape index (κ3) is 2.42. The van der Waals surface area contributed by atoms with Gasteiger partial charge in [0.15, 0.2) is 0 Å². The van der Waals surface area contributed by atoms with Crippen molar-refractivity contribution in [2.75, 3.05) is 7.11 Å². The summed E-state index contributed by atoms with van der Waals surface area (Å²) in [4.78, 5) is 8.87. The standard InChI is InChI=1S/C14H17N3O/c1-10-6-5-7-12(14(10)18-4)16-11(2)13-8-17(3)9-15-13/h5-9H,1-4H3. The molecule has 2 rings (SSSR count). The second kappa shape index (κ2) is 5.04. The normalized spacial score (nSPS) is 11.7. The molecular formula is C14H17N3O. The van der Waals surface area contributed by atoms with Crippen molar-refractivity contribution in [2.45, 2.75) is 13.8 Å².